The second kappa shape index (κ2) is 5.65. The van der Waals surface area contributed by atoms with Crippen LogP contribution in [0.1, 0.15) is 11.4 Å². The van der Waals surface area contributed by atoms with Gasteiger partial charge in [0.15, 0.2) is 0 Å². The van der Waals surface area contributed by atoms with Crippen LogP contribution in [0.4, 0.5) is 0 Å². The van der Waals surface area contributed by atoms with Gasteiger partial charge in [0.05, 0.1) is 17.6 Å². The summed E-state index contributed by atoms with van der Waals surface area (Å²) in [5.41, 5.74) is 8.91. The van der Waals surface area contributed by atoms with E-state index in [0.717, 1.165) is 40.4 Å². The van der Waals surface area contributed by atoms with E-state index in [0.29, 0.717) is 6.54 Å². The largest absolute Gasteiger partial charge is 0.330 e. The molecule has 0 aliphatic rings. The van der Waals surface area contributed by atoms with Crippen LogP contribution in [-0.4, -0.2) is 16.1 Å². The first-order valence-electron chi connectivity index (χ1n) is 6.67. The van der Waals surface area contributed by atoms with Gasteiger partial charge < -0.3 is 10.3 Å². The third-order valence-corrected chi connectivity index (χ3v) is 3.76. The van der Waals surface area contributed by atoms with E-state index >= 15 is 0 Å². The Labute approximate surface area is 123 Å². The molecule has 0 bridgehead atoms. The predicted molar refractivity (Wildman–Crippen MR) is 83.0 cm³/mol. The summed E-state index contributed by atoms with van der Waals surface area (Å²) in [5, 5.41) is 0.781. The van der Waals surface area contributed by atoms with Crippen LogP contribution in [0.15, 0.2) is 48.5 Å². The van der Waals surface area contributed by atoms with Crippen LogP contribution < -0.4 is 5.73 Å². The Morgan fingerprint density at radius 2 is 1.80 bits per heavy atom. The SMILES string of the molecule is NCCc1nc2ccccc2n1Cc1ccccc1Cl. The lowest BCUT2D eigenvalue weighted by atomic mass is 10.2. The molecule has 1 aromatic heterocycles. The van der Waals surface area contributed by atoms with E-state index in [-0.39, 0.29) is 0 Å². The lowest BCUT2D eigenvalue weighted by Gasteiger charge is -2.10. The number of nitrogens with zero attached hydrogens (tertiary/aromatic N) is 2. The number of hydrogen-bond acceptors (Lipinski definition) is 2. The molecule has 0 unspecified atom stereocenters. The van der Waals surface area contributed by atoms with Gasteiger partial charge in [-0.05, 0) is 30.3 Å². The van der Waals surface area contributed by atoms with E-state index < -0.39 is 0 Å². The highest BCUT2D eigenvalue weighted by Gasteiger charge is 2.11. The van der Waals surface area contributed by atoms with Crippen molar-refractivity contribution in [1.29, 1.82) is 0 Å². The van der Waals surface area contributed by atoms with Crippen LogP contribution in [0, 0.1) is 0 Å². The highest BCUT2D eigenvalue weighted by Crippen LogP contribution is 2.21. The van der Waals surface area contributed by atoms with Gasteiger partial charge in [-0.3, -0.25) is 0 Å². The molecule has 2 aromatic carbocycles. The van der Waals surface area contributed by atoms with E-state index in [1.807, 2.05) is 42.5 Å². The maximum absolute atomic E-state index is 6.26. The van der Waals surface area contributed by atoms with E-state index in [1.165, 1.54) is 0 Å². The summed E-state index contributed by atoms with van der Waals surface area (Å²) in [6, 6.07) is 16.0. The number of nitrogens with two attached hydrogens (primary N) is 1. The molecular weight excluding hydrogens is 270 g/mol. The van der Waals surface area contributed by atoms with Crippen molar-refractivity contribution < 1.29 is 0 Å². The second-order valence-corrected chi connectivity index (χ2v) is 5.14. The molecule has 3 rings (SSSR count). The Hall–Kier alpha value is -1.84. The minimum absolute atomic E-state index is 0.589. The highest BCUT2D eigenvalue weighted by molar-refractivity contribution is 6.31. The molecule has 0 radical (unpaired) electrons. The Morgan fingerprint density at radius 3 is 2.60 bits per heavy atom. The summed E-state index contributed by atoms with van der Waals surface area (Å²) in [6.07, 6.45) is 0.763. The molecule has 0 saturated carbocycles. The predicted octanol–water partition coefficient (Wildman–Crippen LogP) is 3.24. The van der Waals surface area contributed by atoms with Crippen LogP contribution >= 0.6 is 11.6 Å². The average Bonchev–Trinajstić information content (AvgIpc) is 2.80. The van der Waals surface area contributed by atoms with Crippen molar-refractivity contribution in [3.63, 3.8) is 0 Å². The third kappa shape index (κ3) is 2.42. The van der Waals surface area contributed by atoms with Crippen molar-refractivity contribution in [3.05, 3.63) is 64.9 Å². The second-order valence-electron chi connectivity index (χ2n) is 4.73. The first kappa shape index (κ1) is 13.2. The zero-order valence-electron chi connectivity index (χ0n) is 11.1. The quantitative estimate of drug-likeness (QED) is 0.800. The third-order valence-electron chi connectivity index (χ3n) is 3.39. The normalized spacial score (nSPS) is 11.1. The topological polar surface area (TPSA) is 43.8 Å². The molecule has 0 amide bonds. The van der Waals surface area contributed by atoms with Crippen LogP contribution in [0.2, 0.25) is 5.02 Å². The number of halogens is 1. The molecule has 4 heteroatoms. The molecular formula is C16H16ClN3. The minimum Gasteiger partial charge on any atom is -0.330 e. The maximum atomic E-state index is 6.26. The van der Waals surface area contributed by atoms with E-state index in [9.17, 15) is 0 Å². The Bertz CT molecular complexity index is 733. The molecule has 0 saturated heterocycles. The summed E-state index contributed by atoms with van der Waals surface area (Å²) in [4.78, 5) is 4.67. The number of para-hydroxylation sites is 2. The summed E-state index contributed by atoms with van der Waals surface area (Å²) >= 11 is 6.26. The fourth-order valence-electron chi connectivity index (χ4n) is 2.42. The molecule has 3 nitrogen and oxygen atoms in total. The van der Waals surface area contributed by atoms with Gasteiger partial charge in [0, 0.05) is 11.4 Å². The molecule has 102 valence electrons. The molecule has 0 aliphatic carbocycles. The van der Waals surface area contributed by atoms with Crippen molar-refractivity contribution in [2.24, 2.45) is 5.73 Å². The number of fused-ring (bicyclic) bond motifs is 1. The smallest absolute Gasteiger partial charge is 0.111 e. The first-order chi connectivity index (χ1) is 9.79. The molecule has 0 spiro atoms. The Kier molecular flexibility index (Phi) is 3.72. The zero-order valence-corrected chi connectivity index (χ0v) is 11.8. The van der Waals surface area contributed by atoms with Crippen molar-refractivity contribution in [2.75, 3.05) is 6.54 Å². The van der Waals surface area contributed by atoms with Crippen LogP contribution in [0.5, 0.6) is 0 Å². The van der Waals surface area contributed by atoms with Gasteiger partial charge in [-0.15, -0.1) is 0 Å². The number of aromatic nitrogens is 2. The van der Waals surface area contributed by atoms with E-state index in [1.54, 1.807) is 0 Å². The Morgan fingerprint density at radius 1 is 1.05 bits per heavy atom. The molecule has 20 heavy (non-hydrogen) atoms. The van der Waals surface area contributed by atoms with Gasteiger partial charge in [0.1, 0.15) is 5.82 Å². The standard InChI is InChI=1S/C16H16ClN3/c17-13-6-2-1-5-12(13)11-20-15-8-4-3-7-14(15)19-16(20)9-10-18/h1-8H,9-11,18H2. The fourth-order valence-corrected chi connectivity index (χ4v) is 2.61. The van der Waals surface area contributed by atoms with Gasteiger partial charge in [0.25, 0.3) is 0 Å². The van der Waals surface area contributed by atoms with Crippen LogP contribution in [0.3, 0.4) is 0 Å². The van der Waals surface area contributed by atoms with Gasteiger partial charge in [-0.25, -0.2) is 4.98 Å². The molecule has 1 heterocycles. The van der Waals surface area contributed by atoms with Crippen molar-refractivity contribution in [1.82, 2.24) is 9.55 Å². The van der Waals surface area contributed by atoms with Crippen LogP contribution in [0.25, 0.3) is 11.0 Å². The van der Waals surface area contributed by atoms with Gasteiger partial charge >= 0.3 is 0 Å². The number of hydrogen-bond donors (Lipinski definition) is 1. The van der Waals surface area contributed by atoms with Gasteiger partial charge in [-0.1, -0.05) is 41.9 Å². The summed E-state index contributed by atoms with van der Waals surface area (Å²) in [6.45, 7) is 1.31. The maximum Gasteiger partial charge on any atom is 0.111 e. The van der Waals surface area contributed by atoms with E-state index in [4.69, 9.17) is 17.3 Å². The zero-order chi connectivity index (χ0) is 13.9. The summed E-state index contributed by atoms with van der Waals surface area (Å²) in [5.74, 6) is 1.01. The lowest BCUT2D eigenvalue weighted by molar-refractivity contribution is 0.735. The highest BCUT2D eigenvalue weighted by atomic mass is 35.5. The lowest BCUT2D eigenvalue weighted by Crippen LogP contribution is -2.11. The minimum atomic E-state index is 0.589. The first-order valence-corrected chi connectivity index (χ1v) is 7.05. The molecule has 3 aromatic rings. The van der Waals surface area contributed by atoms with Crippen LogP contribution in [-0.2, 0) is 13.0 Å². The van der Waals surface area contributed by atoms with Crippen molar-refractivity contribution >= 4 is 22.6 Å². The van der Waals surface area contributed by atoms with Gasteiger partial charge in [-0.2, -0.15) is 0 Å². The number of benzene rings is 2. The van der Waals surface area contributed by atoms with Crippen molar-refractivity contribution in [3.8, 4) is 0 Å². The molecule has 0 aliphatic heterocycles. The summed E-state index contributed by atoms with van der Waals surface area (Å²) in [7, 11) is 0. The number of rotatable bonds is 4. The fraction of sp³-hybridized carbons (Fsp3) is 0.188. The van der Waals surface area contributed by atoms with Crippen molar-refractivity contribution in [2.45, 2.75) is 13.0 Å². The number of imidazole rings is 1. The molecule has 0 atom stereocenters. The average molecular weight is 286 g/mol. The van der Waals surface area contributed by atoms with E-state index in [2.05, 4.69) is 15.6 Å². The Balaban J connectivity index is 2.09. The molecule has 0 fully saturated rings. The summed E-state index contributed by atoms with van der Waals surface area (Å²) < 4.78 is 2.20. The van der Waals surface area contributed by atoms with Gasteiger partial charge in [0.2, 0.25) is 0 Å². The molecule has 2 N–H and O–H groups in total. The monoisotopic (exact) mass is 285 g/mol.